The molecule has 0 aromatic carbocycles. The van der Waals surface area contributed by atoms with Crippen LogP contribution in [0.4, 0.5) is 0 Å². The average molecular weight is 275 g/mol. The van der Waals surface area contributed by atoms with Gasteiger partial charge in [-0.3, -0.25) is 0 Å². The number of aryl methyl sites for hydroxylation is 1. The third kappa shape index (κ3) is 2.70. The van der Waals surface area contributed by atoms with Crippen molar-refractivity contribution in [1.29, 1.82) is 0 Å². The van der Waals surface area contributed by atoms with E-state index in [0.717, 1.165) is 17.7 Å². The molecule has 0 bridgehead atoms. The van der Waals surface area contributed by atoms with Gasteiger partial charge in [-0.05, 0) is 37.8 Å². The molecule has 1 aromatic rings. The molecule has 1 aromatic heterocycles. The van der Waals surface area contributed by atoms with Gasteiger partial charge in [0.25, 0.3) is 10.0 Å². The molecule has 0 saturated carbocycles. The Morgan fingerprint density at radius 3 is 2.88 bits per heavy atom. The quantitative estimate of drug-likeness (QED) is 0.908. The Bertz CT molecular complexity index is 481. The first-order chi connectivity index (χ1) is 8.04. The Kier molecular flexibility index (Phi) is 3.87. The standard InChI is InChI=1S/C11H17NO3S2/c1-9-4-5-11(16-9)17(14,15)12-6-2-3-10(7-12)8-13/h4-5,10,13H,2-3,6-8H2,1H3. The molecule has 1 aliphatic rings. The lowest BCUT2D eigenvalue weighted by Crippen LogP contribution is -2.40. The molecule has 0 amide bonds. The van der Waals surface area contributed by atoms with E-state index in [0.29, 0.717) is 17.3 Å². The predicted molar refractivity (Wildman–Crippen MR) is 67.6 cm³/mol. The largest absolute Gasteiger partial charge is 0.396 e. The van der Waals surface area contributed by atoms with E-state index < -0.39 is 10.0 Å². The molecule has 4 nitrogen and oxygen atoms in total. The van der Waals surface area contributed by atoms with E-state index in [4.69, 9.17) is 5.11 Å². The second-order valence-corrected chi connectivity index (χ2v) is 7.87. The normalized spacial score (nSPS) is 22.8. The number of hydrogen-bond donors (Lipinski definition) is 1. The van der Waals surface area contributed by atoms with E-state index in [1.807, 2.05) is 13.0 Å². The molecule has 0 spiro atoms. The zero-order chi connectivity index (χ0) is 12.5. The van der Waals surface area contributed by atoms with Gasteiger partial charge in [-0.2, -0.15) is 4.31 Å². The number of hydrogen-bond acceptors (Lipinski definition) is 4. The topological polar surface area (TPSA) is 57.6 Å². The summed E-state index contributed by atoms with van der Waals surface area (Å²) >= 11 is 1.31. The molecule has 96 valence electrons. The summed E-state index contributed by atoms with van der Waals surface area (Å²) in [7, 11) is -3.34. The monoisotopic (exact) mass is 275 g/mol. The van der Waals surface area contributed by atoms with E-state index in [2.05, 4.69) is 0 Å². The number of sulfonamides is 1. The summed E-state index contributed by atoms with van der Waals surface area (Å²) < 4.78 is 26.5. The smallest absolute Gasteiger partial charge is 0.252 e. The summed E-state index contributed by atoms with van der Waals surface area (Å²) in [6.07, 6.45) is 1.74. The molecule has 6 heteroatoms. The van der Waals surface area contributed by atoms with E-state index in [1.165, 1.54) is 15.6 Å². The lowest BCUT2D eigenvalue weighted by molar-refractivity contribution is 0.165. The molecule has 1 unspecified atom stereocenters. The minimum absolute atomic E-state index is 0.0650. The van der Waals surface area contributed by atoms with Gasteiger partial charge in [0.15, 0.2) is 0 Å². The van der Waals surface area contributed by atoms with Crippen LogP contribution in [0.2, 0.25) is 0 Å². The van der Waals surface area contributed by atoms with E-state index in [-0.39, 0.29) is 12.5 Å². The highest BCUT2D eigenvalue weighted by Crippen LogP contribution is 2.27. The first-order valence-electron chi connectivity index (χ1n) is 5.71. The minimum atomic E-state index is -3.34. The van der Waals surface area contributed by atoms with Gasteiger partial charge in [0.05, 0.1) is 0 Å². The van der Waals surface area contributed by atoms with Crippen LogP contribution in [-0.4, -0.2) is 37.5 Å². The lowest BCUT2D eigenvalue weighted by Gasteiger charge is -2.30. The van der Waals surface area contributed by atoms with E-state index in [1.54, 1.807) is 6.07 Å². The molecule has 2 heterocycles. The van der Waals surface area contributed by atoms with Crippen molar-refractivity contribution in [3.05, 3.63) is 17.0 Å². The Balaban J connectivity index is 2.21. The summed E-state index contributed by atoms with van der Waals surface area (Å²) in [5.74, 6) is 0.0829. The van der Waals surface area contributed by atoms with Crippen LogP contribution < -0.4 is 0 Å². The summed E-state index contributed by atoms with van der Waals surface area (Å²) in [6, 6.07) is 3.49. The fourth-order valence-corrected chi connectivity index (χ4v) is 5.06. The van der Waals surface area contributed by atoms with Crippen LogP contribution in [0.3, 0.4) is 0 Å². The number of rotatable bonds is 3. The summed E-state index contributed by atoms with van der Waals surface area (Å²) in [6.45, 7) is 2.97. The first-order valence-corrected chi connectivity index (χ1v) is 7.97. The Labute approximate surface area is 106 Å². The number of nitrogens with zero attached hydrogens (tertiary/aromatic N) is 1. The minimum Gasteiger partial charge on any atom is -0.396 e. The van der Waals surface area contributed by atoms with Crippen molar-refractivity contribution in [3.8, 4) is 0 Å². The fraction of sp³-hybridized carbons (Fsp3) is 0.636. The van der Waals surface area contributed by atoms with Crippen LogP contribution >= 0.6 is 11.3 Å². The number of aliphatic hydroxyl groups is 1. The van der Waals surface area contributed by atoms with Gasteiger partial charge in [0.1, 0.15) is 4.21 Å². The molecule has 2 rings (SSSR count). The van der Waals surface area contributed by atoms with Crippen molar-refractivity contribution in [2.24, 2.45) is 5.92 Å². The van der Waals surface area contributed by atoms with Gasteiger partial charge < -0.3 is 5.11 Å². The van der Waals surface area contributed by atoms with Gasteiger partial charge in [-0.25, -0.2) is 8.42 Å². The molecule has 1 N–H and O–H groups in total. The van der Waals surface area contributed by atoms with Crippen LogP contribution in [0, 0.1) is 12.8 Å². The van der Waals surface area contributed by atoms with Gasteiger partial charge in [0, 0.05) is 24.6 Å². The second kappa shape index (κ2) is 5.06. The Hall–Kier alpha value is -0.430. The number of thiophene rings is 1. The lowest BCUT2D eigenvalue weighted by atomic mass is 10.0. The van der Waals surface area contributed by atoms with Crippen LogP contribution in [0.1, 0.15) is 17.7 Å². The Morgan fingerprint density at radius 2 is 2.29 bits per heavy atom. The summed E-state index contributed by atoms with van der Waals surface area (Å²) in [4.78, 5) is 0.999. The van der Waals surface area contributed by atoms with Crippen LogP contribution in [0.15, 0.2) is 16.3 Å². The zero-order valence-electron chi connectivity index (χ0n) is 9.80. The molecule has 17 heavy (non-hydrogen) atoms. The van der Waals surface area contributed by atoms with Crippen LogP contribution in [0.5, 0.6) is 0 Å². The number of piperidine rings is 1. The molecule has 1 aliphatic heterocycles. The predicted octanol–water partition coefficient (Wildman–Crippen LogP) is 1.45. The second-order valence-electron chi connectivity index (χ2n) is 4.42. The van der Waals surface area contributed by atoms with Gasteiger partial charge in [0.2, 0.25) is 0 Å². The number of aliphatic hydroxyl groups excluding tert-OH is 1. The highest BCUT2D eigenvalue weighted by molar-refractivity contribution is 7.91. The fourth-order valence-electron chi connectivity index (χ4n) is 2.07. The van der Waals surface area contributed by atoms with Gasteiger partial charge >= 0.3 is 0 Å². The third-order valence-corrected chi connectivity index (χ3v) is 6.38. The molecule has 1 fully saturated rings. The van der Waals surface area contributed by atoms with Crippen molar-refractivity contribution in [1.82, 2.24) is 4.31 Å². The maximum atomic E-state index is 12.3. The zero-order valence-corrected chi connectivity index (χ0v) is 11.4. The summed E-state index contributed by atoms with van der Waals surface area (Å²) in [5, 5.41) is 9.13. The maximum absolute atomic E-state index is 12.3. The molecule has 1 atom stereocenters. The Morgan fingerprint density at radius 1 is 1.53 bits per heavy atom. The first kappa shape index (κ1) is 13.0. The van der Waals surface area contributed by atoms with Crippen molar-refractivity contribution in [2.75, 3.05) is 19.7 Å². The average Bonchev–Trinajstić information content (AvgIpc) is 2.76. The summed E-state index contributed by atoms with van der Waals surface area (Å²) in [5.41, 5.74) is 0. The van der Waals surface area contributed by atoms with Crippen LogP contribution in [0.25, 0.3) is 0 Å². The van der Waals surface area contributed by atoms with Crippen molar-refractivity contribution in [3.63, 3.8) is 0 Å². The molecular weight excluding hydrogens is 258 g/mol. The molecule has 0 radical (unpaired) electrons. The molecular formula is C11H17NO3S2. The van der Waals surface area contributed by atoms with Crippen molar-refractivity contribution >= 4 is 21.4 Å². The van der Waals surface area contributed by atoms with Crippen molar-refractivity contribution in [2.45, 2.75) is 24.0 Å². The highest BCUT2D eigenvalue weighted by atomic mass is 32.2. The molecule has 0 aliphatic carbocycles. The van der Waals surface area contributed by atoms with Gasteiger partial charge in [-0.15, -0.1) is 11.3 Å². The van der Waals surface area contributed by atoms with E-state index >= 15 is 0 Å². The highest BCUT2D eigenvalue weighted by Gasteiger charge is 2.30. The SMILES string of the molecule is Cc1ccc(S(=O)(=O)N2CCCC(CO)C2)s1. The van der Waals surface area contributed by atoms with Crippen LogP contribution in [-0.2, 0) is 10.0 Å². The van der Waals surface area contributed by atoms with E-state index in [9.17, 15) is 8.42 Å². The third-order valence-electron chi connectivity index (χ3n) is 3.05. The van der Waals surface area contributed by atoms with Gasteiger partial charge in [-0.1, -0.05) is 0 Å². The maximum Gasteiger partial charge on any atom is 0.252 e. The molecule has 1 saturated heterocycles. The van der Waals surface area contributed by atoms with Crippen molar-refractivity contribution < 1.29 is 13.5 Å².